The summed E-state index contributed by atoms with van der Waals surface area (Å²) in [7, 11) is 0. The van der Waals surface area contributed by atoms with Gasteiger partial charge in [-0.15, -0.1) is 0 Å². The third-order valence-electron chi connectivity index (χ3n) is 7.88. The monoisotopic (exact) mass is 575 g/mol. The van der Waals surface area contributed by atoms with Crippen molar-refractivity contribution in [2.24, 2.45) is 5.41 Å². The van der Waals surface area contributed by atoms with Gasteiger partial charge in [0.05, 0.1) is 5.56 Å². The Bertz CT molecular complexity index is 998. The zero-order valence-corrected chi connectivity index (χ0v) is 21.1. The van der Waals surface area contributed by atoms with Crippen molar-refractivity contribution < 1.29 is 49.0 Å². The van der Waals surface area contributed by atoms with Crippen LogP contribution in [0.15, 0.2) is 18.2 Å². The molecule has 39 heavy (non-hydrogen) atoms. The molecule has 1 aromatic carbocycles. The Kier molecular flexibility index (Phi) is 8.26. The van der Waals surface area contributed by atoms with Gasteiger partial charge in [0.2, 0.25) is 0 Å². The number of hydrogen-bond acceptors (Lipinski definition) is 4. The number of anilines is 1. The molecule has 1 aromatic rings. The fraction of sp³-hybridized carbons (Fsp3) is 0.720. The molecule has 3 fully saturated rings. The predicted octanol–water partition coefficient (Wildman–Crippen LogP) is 6.61. The largest absolute Gasteiger partial charge is 0.434 e. The summed E-state index contributed by atoms with van der Waals surface area (Å²) in [5, 5.41) is 0. The van der Waals surface area contributed by atoms with Crippen LogP contribution < -0.4 is 4.90 Å². The lowest BCUT2D eigenvalue weighted by Crippen LogP contribution is -2.50. The maximum Gasteiger partial charge on any atom is 0.434 e. The average Bonchev–Trinajstić information content (AvgIpc) is 3.23. The molecule has 0 bridgehead atoms. The number of carbonyl (C=O) groups excluding carboxylic acids is 1. The van der Waals surface area contributed by atoms with Crippen molar-refractivity contribution in [3.05, 3.63) is 29.3 Å². The average molecular weight is 576 g/mol. The molecule has 14 heteroatoms. The molecule has 3 aliphatic rings. The second-order valence-electron chi connectivity index (χ2n) is 10.7. The Hall–Kier alpha value is -2.38. The van der Waals surface area contributed by atoms with Crippen molar-refractivity contribution in [3.63, 3.8) is 0 Å². The number of ether oxygens (including phenoxy) is 1. The van der Waals surface area contributed by atoms with Crippen molar-refractivity contribution in [3.8, 4) is 0 Å². The van der Waals surface area contributed by atoms with Gasteiger partial charge in [-0.25, -0.2) is 4.79 Å². The summed E-state index contributed by atoms with van der Waals surface area (Å²) in [6.07, 6.45) is -17.9. The van der Waals surface area contributed by atoms with E-state index in [1.165, 1.54) is 12.1 Å². The lowest BCUT2D eigenvalue weighted by molar-refractivity contribution is -0.308. The maximum absolute atomic E-state index is 13.9. The highest BCUT2D eigenvalue weighted by Crippen LogP contribution is 2.43. The molecule has 3 heterocycles. The van der Waals surface area contributed by atoms with Crippen molar-refractivity contribution in [1.82, 2.24) is 9.80 Å². The molecule has 0 saturated carbocycles. The fourth-order valence-electron chi connectivity index (χ4n) is 5.81. The number of likely N-dealkylation sites (tertiary alicyclic amines) is 2. The van der Waals surface area contributed by atoms with Crippen molar-refractivity contribution >= 4 is 11.8 Å². The van der Waals surface area contributed by atoms with E-state index in [2.05, 4.69) is 4.74 Å². The van der Waals surface area contributed by atoms with E-state index in [4.69, 9.17) is 0 Å². The summed E-state index contributed by atoms with van der Waals surface area (Å²) in [5.74, 6) is 0. The first-order chi connectivity index (χ1) is 18.1. The van der Waals surface area contributed by atoms with Crippen LogP contribution in [0.2, 0.25) is 0 Å². The number of benzene rings is 1. The maximum atomic E-state index is 13.9. The molecule has 0 aliphatic carbocycles. The molecule has 3 saturated heterocycles. The number of carbonyl (C=O) groups is 1. The summed E-state index contributed by atoms with van der Waals surface area (Å²) in [6, 6.07) is 4.40. The Morgan fingerprint density at radius 3 is 2.00 bits per heavy atom. The lowest BCUT2D eigenvalue weighted by Gasteiger charge is -2.39. The molecule has 0 radical (unpaired) electrons. The molecule has 1 spiro atoms. The van der Waals surface area contributed by atoms with E-state index in [-0.39, 0.29) is 30.7 Å². The van der Waals surface area contributed by atoms with Gasteiger partial charge >= 0.3 is 24.6 Å². The number of nitrogens with zero attached hydrogens (tertiary/aromatic N) is 3. The quantitative estimate of drug-likeness (QED) is 0.379. The molecule has 0 N–H and O–H groups in total. The highest BCUT2D eigenvalue weighted by molar-refractivity contribution is 5.68. The van der Waals surface area contributed by atoms with Crippen molar-refractivity contribution in [1.29, 1.82) is 0 Å². The van der Waals surface area contributed by atoms with Gasteiger partial charge < -0.3 is 14.5 Å². The minimum absolute atomic E-state index is 0.0716. The first kappa shape index (κ1) is 29.6. The Labute approximate surface area is 219 Å². The second kappa shape index (κ2) is 10.9. The molecular weight excluding hydrogens is 545 g/mol. The van der Waals surface area contributed by atoms with Crippen LogP contribution >= 0.6 is 0 Å². The Morgan fingerprint density at radius 2 is 1.44 bits per heavy atom. The molecule has 1 amide bonds. The summed E-state index contributed by atoms with van der Waals surface area (Å²) in [4.78, 5) is 16.7. The van der Waals surface area contributed by atoms with Crippen LogP contribution in [0.3, 0.4) is 0 Å². The lowest BCUT2D eigenvalue weighted by atomic mass is 9.78. The molecule has 220 valence electrons. The van der Waals surface area contributed by atoms with E-state index in [1.807, 2.05) is 4.90 Å². The summed E-state index contributed by atoms with van der Waals surface area (Å²) in [5.41, 5.74) is -0.309. The minimum atomic E-state index is -5.78. The number of alkyl halides is 9. The Balaban J connectivity index is 1.35. The van der Waals surface area contributed by atoms with Gasteiger partial charge in [-0.2, -0.15) is 39.5 Å². The first-order valence-electron chi connectivity index (χ1n) is 12.8. The standard InChI is InChI=1S/C25H30F9N3O2/c26-23(27,28)18-14-17(4-5-19(18)36-9-2-1-3-10-36)15-35-11-6-22(16-35)7-12-37(13-8-22)21(38)39-20(24(29,30)31)25(32,33)34/h4-5,14,20H,1-3,6-13,15-16H2. The third kappa shape index (κ3) is 7.04. The molecule has 4 rings (SSSR count). The summed E-state index contributed by atoms with van der Waals surface area (Å²) < 4.78 is 122. The van der Waals surface area contributed by atoms with Gasteiger partial charge in [0.15, 0.2) is 0 Å². The number of halogens is 9. The van der Waals surface area contributed by atoms with Crippen LogP contribution in [-0.2, 0) is 17.5 Å². The minimum Gasteiger partial charge on any atom is -0.426 e. The summed E-state index contributed by atoms with van der Waals surface area (Å²) in [6.45, 7) is 2.36. The zero-order chi connectivity index (χ0) is 28.6. The van der Waals surface area contributed by atoms with Gasteiger partial charge in [0, 0.05) is 45.0 Å². The van der Waals surface area contributed by atoms with Crippen LogP contribution in [0.25, 0.3) is 0 Å². The Morgan fingerprint density at radius 1 is 0.846 bits per heavy atom. The molecule has 0 atom stereocenters. The molecular formula is C25H30F9N3O2. The molecule has 3 aliphatic heterocycles. The topological polar surface area (TPSA) is 36.0 Å². The van der Waals surface area contributed by atoms with E-state index in [0.717, 1.165) is 24.2 Å². The first-order valence-corrected chi connectivity index (χ1v) is 12.8. The normalized spacial score (nSPS) is 21.2. The van der Waals surface area contributed by atoms with Crippen LogP contribution in [0.5, 0.6) is 0 Å². The van der Waals surface area contributed by atoms with Gasteiger partial charge in [-0.1, -0.05) is 6.07 Å². The highest BCUT2D eigenvalue weighted by atomic mass is 19.4. The molecule has 0 aromatic heterocycles. The van der Waals surface area contributed by atoms with Crippen LogP contribution in [0.1, 0.15) is 49.7 Å². The number of piperidine rings is 2. The summed E-state index contributed by atoms with van der Waals surface area (Å²) >= 11 is 0. The van der Waals surface area contributed by atoms with E-state index >= 15 is 0 Å². The van der Waals surface area contributed by atoms with Gasteiger partial charge in [-0.3, -0.25) is 4.90 Å². The van der Waals surface area contributed by atoms with E-state index in [1.54, 1.807) is 11.0 Å². The van der Waals surface area contributed by atoms with Gasteiger partial charge in [0.1, 0.15) is 0 Å². The van der Waals surface area contributed by atoms with E-state index in [0.29, 0.717) is 51.0 Å². The number of amides is 1. The fourth-order valence-corrected chi connectivity index (χ4v) is 5.81. The second-order valence-corrected chi connectivity index (χ2v) is 10.7. The highest BCUT2D eigenvalue weighted by Gasteiger charge is 2.60. The van der Waals surface area contributed by atoms with E-state index in [9.17, 15) is 44.3 Å². The van der Waals surface area contributed by atoms with Gasteiger partial charge in [0.25, 0.3) is 6.10 Å². The zero-order valence-electron chi connectivity index (χ0n) is 21.1. The number of rotatable bonds is 4. The predicted molar refractivity (Wildman–Crippen MR) is 123 cm³/mol. The molecule has 0 unspecified atom stereocenters. The SMILES string of the molecule is O=C(OC(C(F)(F)F)C(F)(F)F)N1CCC2(CCN(Cc3ccc(N4CCCCC4)c(C(F)(F)F)c3)C2)CC1. The van der Waals surface area contributed by atoms with Crippen LogP contribution in [0, 0.1) is 5.41 Å². The molecule has 5 nitrogen and oxygen atoms in total. The van der Waals surface area contributed by atoms with Crippen molar-refractivity contribution in [2.75, 3.05) is 44.2 Å². The smallest absolute Gasteiger partial charge is 0.426 e. The van der Waals surface area contributed by atoms with Crippen LogP contribution in [-0.4, -0.2) is 73.6 Å². The number of hydrogen-bond donors (Lipinski definition) is 0. The van der Waals surface area contributed by atoms with Crippen molar-refractivity contribution in [2.45, 2.75) is 69.7 Å². The van der Waals surface area contributed by atoms with Crippen LogP contribution in [0.4, 0.5) is 50.0 Å². The third-order valence-corrected chi connectivity index (χ3v) is 7.88. The van der Waals surface area contributed by atoms with E-state index < -0.39 is 36.3 Å². The van der Waals surface area contributed by atoms with Gasteiger partial charge in [-0.05, 0) is 68.2 Å².